The second-order valence-corrected chi connectivity index (χ2v) is 4.76. The van der Waals surface area contributed by atoms with Gasteiger partial charge in [-0.1, -0.05) is 11.6 Å². The largest absolute Gasteiger partial charge is 0.497 e. The van der Waals surface area contributed by atoms with Crippen LogP contribution in [0.4, 0.5) is 0 Å². The molecule has 3 aromatic rings. The van der Waals surface area contributed by atoms with Crippen molar-refractivity contribution >= 4 is 22.5 Å². The van der Waals surface area contributed by atoms with Crippen molar-refractivity contribution in [1.82, 2.24) is 10.2 Å². The Morgan fingerprint density at radius 3 is 2.60 bits per heavy atom. The number of fused-ring (bicyclic) bond motifs is 1. The smallest absolute Gasteiger partial charge is 0.215 e. The van der Waals surface area contributed by atoms with Gasteiger partial charge < -0.3 is 4.74 Å². The van der Waals surface area contributed by atoms with Crippen molar-refractivity contribution in [2.45, 2.75) is 0 Å². The summed E-state index contributed by atoms with van der Waals surface area (Å²) in [5, 5.41) is 8.13. The van der Waals surface area contributed by atoms with Crippen LogP contribution in [0.15, 0.2) is 47.3 Å². The maximum Gasteiger partial charge on any atom is 0.215 e. The molecule has 0 bridgehead atoms. The molecule has 4 nitrogen and oxygen atoms in total. The zero-order valence-corrected chi connectivity index (χ0v) is 11.4. The van der Waals surface area contributed by atoms with Crippen molar-refractivity contribution in [3.63, 3.8) is 0 Å². The van der Waals surface area contributed by atoms with Crippen LogP contribution in [0, 0.1) is 0 Å². The Bertz CT molecular complexity index is 825. The topological polar surface area (TPSA) is 55.0 Å². The summed E-state index contributed by atoms with van der Waals surface area (Å²) in [5.41, 5.74) is 1.62. The van der Waals surface area contributed by atoms with E-state index in [1.54, 1.807) is 49.6 Å². The molecular weight excluding hydrogens is 276 g/mol. The fourth-order valence-electron chi connectivity index (χ4n) is 2.05. The molecule has 0 amide bonds. The van der Waals surface area contributed by atoms with Crippen LogP contribution in [0.1, 0.15) is 0 Å². The summed E-state index contributed by atoms with van der Waals surface area (Å²) in [4.78, 5) is 12.4. The van der Waals surface area contributed by atoms with Crippen LogP contribution in [0.25, 0.3) is 22.2 Å². The average Bonchev–Trinajstić information content (AvgIpc) is 2.48. The normalized spacial score (nSPS) is 10.7. The quantitative estimate of drug-likeness (QED) is 0.787. The molecule has 1 N–H and O–H groups in total. The molecule has 0 saturated heterocycles. The summed E-state index contributed by atoms with van der Waals surface area (Å²) in [6.45, 7) is 0. The number of aromatic nitrogens is 2. The lowest BCUT2D eigenvalue weighted by Crippen LogP contribution is -2.09. The van der Waals surface area contributed by atoms with Gasteiger partial charge in [0.1, 0.15) is 11.4 Å². The van der Waals surface area contributed by atoms with Crippen LogP contribution >= 0.6 is 11.6 Å². The van der Waals surface area contributed by atoms with Gasteiger partial charge in [-0.3, -0.25) is 9.89 Å². The molecule has 100 valence electrons. The lowest BCUT2D eigenvalue weighted by Gasteiger charge is -2.04. The van der Waals surface area contributed by atoms with Crippen LogP contribution in [-0.4, -0.2) is 17.3 Å². The van der Waals surface area contributed by atoms with Gasteiger partial charge in [0.15, 0.2) is 0 Å². The van der Waals surface area contributed by atoms with Crippen LogP contribution in [0.5, 0.6) is 5.75 Å². The van der Waals surface area contributed by atoms with Gasteiger partial charge >= 0.3 is 0 Å². The maximum atomic E-state index is 12.4. The highest BCUT2D eigenvalue weighted by molar-refractivity contribution is 6.31. The molecule has 0 unspecified atom stereocenters. The standard InChI is InChI=1S/C15H11ClN2O2/c1-20-11-5-2-9(3-6-11)14-15(19)12-7-4-10(16)8-13(12)17-18-14/h2-8H,1H3,(H,17,19). The SMILES string of the molecule is COc1ccc(-c2n[nH]c3cc(Cl)ccc3c2=O)cc1. The Morgan fingerprint density at radius 2 is 1.90 bits per heavy atom. The molecule has 0 aliphatic heterocycles. The number of benzene rings is 2. The van der Waals surface area contributed by atoms with E-state index in [-0.39, 0.29) is 5.43 Å². The molecule has 5 heteroatoms. The second kappa shape index (κ2) is 4.98. The minimum Gasteiger partial charge on any atom is -0.497 e. The number of halogens is 1. The van der Waals surface area contributed by atoms with Gasteiger partial charge in [0.25, 0.3) is 0 Å². The zero-order chi connectivity index (χ0) is 14.1. The Hall–Kier alpha value is -2.33. The van der Waals surface area contributed by atoms with Crippen molar-refractivity contribution in [1.29, 1.82) is 0 Å². The fourth-order valence-corrected chi connectivity index (χ4v) is 2.22. The number of hydrogen-bond acceptors (Lipinski definition) is 3. The molecule has 1 heterocycles. The van der Waals surface area contributed by atoms with Crippen molar-refractivity contribution in [3.8, 4) is 17.0 Å². The second-order valence-electron chi connectivity index (χ2n) is 4.32. The van der Waals surface area contributed by atoms with E-state index in [0.717, 1.165) is 11.3 Å². The number of ether oxygens (including phenoxy) is 1. The monoisotopic (exact) mass is 286 g/mol. The van der Waals surface area contributed by atoms with Gasteiger partial charge in [0.2, 0.25) is 5.43 Å². The van der Waals surface area contributed by atoms with Gasteiger partial charge in [-0.15, -0.1) is 0 Å². The first-order chi connectivity index (χ1) is 9.69. The molecule has 2 aromatic carbocycles. The molecule has 0 aliphatic rings. The van der Waals surface area contributed by atoms with Gasteiger partial charge in [-0.25, -0.2) is 0 Å². The first-order valence-corrected chi connectivity index (χ1v) is 6.39. The van der Waals surface area contributed by atoms with Gasteiger partial charge in [0.05, 0.1) is 12.6 Å². The van der Waals surface area contributed by atoms with Crippen LogP contribution in [0.2, 0.25) is 5.02 Å². The van der Waals surface area contributed by atoms with E-state index in [1.807, 2.05) is 0 Å². The molecular formula is C15H11ClN2O2. The van der Waals surface area contributed by atoms with E-state index in [2.05, 4.69) is 10.2 Å². The lowest BCUT2D eigenvalue weighted by atomic mass is 10.1. The zero-order valence-electron chi connectivity index (χ0n) is 10.7. The van der Waals surface area contributed by atoms with Crippen molar-refractivity contribution < 1.29 is 4.74 Å². The summed E-state index contributed by atoms with van der Waals surface area (Å²) in [6.07, 6.45) is 0. The highest BCUT2D eigenvalue weighted by Gasteiger charge is 2.09. The summed E-state index contributed by atoms with van der Waals surface area (Å²) in [6, 6.07) is 12.3. The molecule has 20 heavy (non-hydrogen) atoms. The molecule has 0 radical (unpaired) electrons. The molecule has 1 aromatic heterocycles. The van der Waals surface area contributed by atoms with Gasteiger partial charge in [-0.2, -0.15) is 5.10 Å². The summed E-state index contributed by atoms with van der Waals surface area (Å²) in [5.74, 6) is 0.734. The molecule has 0 fully saturated rings. The third kappa shape index (κ3) is 2.14. The van der Waals surface area contributed by atoms with Crippen molar-refractivity contribution in [3.05, 3.63) is 57.7 Å². The summed E-state index contributed by atoms with van der Waals surface area (Å²) >= 11 is 5.90. The Kier molecular flexibility index (Phi) is 3.16. The number of hydrogen-bond donors (Lipinski definition) is 1. The first-order valence-electron chi connectivity index (χ1n) is 6.01. The molecule has 0 atom stereocenters. The predicted octanol–water partition coefficient (Wildman–Crippen LogP) is 3.25. The minimum atomic E-state index is -0.124. The van der Waals surface area contributed by atoms with Crippen molar-refractivity contribution in [2.24, 2.45) is 0 Å². The first kappa shape index (κ1) is 12.7. The average molecular weight is 287 g/mol. The van der Waals surface area contributed by atoms with E-state index in [4.69, 9.17) is 16.3 Å². The summed E-state index contributed by atoms with van der Waals surface area (Å²) in [7, 11) is 1.60. The van der Waals surface area contributed by atoms with Gasteiger partial charge in [0, 0.05) is 16.0 Å². The van der Waals surface area contributed by atoms with E-state index in [1.165, 1.54) is 0 Å². The molecule has 3 rings (SSSR count). The highest BCUT2D eigenvalue weighted by atomic mass is 35.5. The van der Waals surface area contributed by atoms with Crippen LogP contribution in [-0.2, 0) is 0 Å². The number of rotatable bonds is 2. The van der Waals surface area contributed by atoms with E-state index in [0.29, 0.717) is 21.6 Å². The Labute approximate surface area is 120 Å². The Morgan fingerprint density at radius 1 is 1.15 bits per heavy atom. The molecule has 0 saturated carbocycles. The van der Waals surface area contributed by atoms with E-state index >= 15 is 0 Å². The number of H-pyrrole nitrogens is 1. The summed E-state index contributed by atoms with van der Waals surface area (Å²) < 4.78 is 5.10. The molecule has 0 spiro atoms. The highest BCUT2D eigenvalue weighted by Crippen LogP contribution is 2.20. The third-order valence-corrected chi connectivity index (χ3v) is 3.33. The Balaban J connectivity index is 2.18. The minimum absolute atomic E-state index is 0.124. The fraction of sp³-hybridized carbons (Fsp3) is 0.0667. The third-order valence-electron chi connectivity index (χ3n) is 3.09. The van der Waals surface area contributed by atoms with E-state index < -0.39 is 0 Å². The number of methoxy groups -OCH3 is 1. The number of aromatic amines is 1. The maximum absolute atomic E-state index is 12.4. The predicted molar refractivity (Wildman–Crippen MR) is 79.4 cm³/mol. The molecule has 0 aliphatic carbocycles. The number of nitrogens with zero attached hydrogens (tertiary/aromatic N) is 1. The lowest BCUT2D eigenvalue weighted by molar-refractivity contribution is 0.415. The van der Waals surface area contributed by atoms with Crippen LogP contribution < -0.4 is 10.2 Å². The van der Waals surface area contributed by atoms with Crippen molar-refractivity contribution in [2.75, 3.05) is 7.11 Å². The van der Waals surface area contributed by atoms with Gasteiger partial charge in [-0.05, 0) is 42.5 Å². The van der Waals surface area contributed by atoms with Crippen LogP contribution in [0.3, 0.4) is 0 Å². The number of nitrogens with one attached hydrogen (secondary N) is 1. The van der Waals surface area contributed by atoms with E-state index in [9.17, 15) is 4.79 Å².